The van der Waals surface area contributed by atoms with Crippen LogP contribution in [0, 0.1) is 0 Å². The average Bonchev–Trinajstić information content (AvgIpc) is 3.21. The van der Waals surface area contributed by atoms with E-state index >= 15 is 0 Å². The minimum atomic E-state index is -1.53. The van der Waals surface area contributed by atoms with Crippen LogP contribution in [0.5, 0.6) is 23.0 Å². The molecule has 202 valence electrons. The molecule has 39 heavy (non-hydrogen) atoms. The van der Waals surface area contributed by atoms with Crippen molar-refractivity contribution in [2.75, 3.05) is 0 Å². The highest BCUT2D eigenvalue weighted by molar-refractivity contribution is 6.18. The van der Waals surface area contributed by atoms with E-state index in [2.05, 4.69) is 5.32 Å². The number of carboxylic acids is 1. The van der Waals surface area contributed by atoms with Gasteiger partial charge in [0.15, 0.2) is 0 Å². The standard InChI is InChI=1S/C27H23NO11/c29-14-6-4-12(5-7-14)25(35)28-17-10-15(30)11-21(17)39-27(38)13-8-19(32)23(20(33)9-13)24(34)22-16(26(36)37)2-1-3-18(22)31/h1-9,15,17,21,29-33H,10-11H2,(H,28,35)(H,36,37)/t15-,17+,21+/m0/s1. The van der Waals surface area contributed by atoms with Gasteiger partial charge in [0, 0.05) is 12.0 Å². The Morgan fingerprint density at radius 1 is 0.795 bits per heavy atom. The number of ketones is 1. The molecule has 0 unspecified atom stereocenters. The summed E-state index contributed by atoms with van der Waals surface area (Å²) in [5.41, 5.74) is -2.13. The number of benzene rings is 3. The highest BCUT2D eigenvalue weighted by Crippen LogP contribution is 2.35. The second-order valence-electron chi connectivity index (χ2n) is 8.92. The van der Waals surface area contributed by atoms with E-state index < -0.39 is 75.8 Å². The molecule has 4 rings (SSSR count). The number of amides is 1. The number of aliphatic hydroxyl groups excluding tert-OH is 1. The van der Waals surface area contributed by atoms with Crippen molar-refractivity contribution in [1.82, 2.24) is 5.32 Å². The number of phenols is 4. The van der Waals surface area contributed by atoms with Gasteiger partial charge in [0.2, 0.25) is 5.78 Å². The predicted octanol–water partition coefficient (Wildman–Crippen LogP) is 1.92. The summed E-state index contributed by atoms with van der Waals surface area (Å²) in [6.07, 6.45) is -1.79. The van der Waals surface area contributed by atoms with Crippen LogP contribution in [0.1, 0.15) is 59.8 Å². The summed E-state index contributed by atoms with van der Waals surface area (Å²) in [6.45, 7) is 0. The van der Waals surface area contributed by atoms with Crippen LogP contribution in [0.4, 0.5) is 0 Å². The molecule has 1 fully saturated rings. The van der Waals surface area contributed by atoms with Gasteiger partial charge in [-0.05, 0) is 55.0 Å². The highest BCUT2D eigenvalue weighted by Gasteiger charge is 2.38. The first-order chi connectivity index (χ1) is 18.5. The van der Waals surface area contributed by atoms with Crippen LogP contribution in [0.3, 0.4) is 0 Å². The van der Waals surface area contributed by atoms with Crippen molar-refractivity contribution in [3.8, 4) is 23.0 Å². The third-order valence-electron chi connectivity index (χ3n) is 6.24. The molecule has 0 heterocycles. The molecule has 3 aromatic rings. The molecule has 1 amide bonds. The fourth-order valence-electron chi connectivity index (χ4n) is 4.37. The normalized spacial score (nSPS) is 18.3. The third-order valence-corrected chi connectivity index (χ3v) is 6.24. The molecule has 0 aliphatic heterocycles. The number of nitrogens with one attached hydrogen (secondary N) is 1. The van der Waals surface area contributed by atoms with Gasteiger partial charge in [-0.1, -0.05) is 6.07 Å². The summed E-state index contributed by atoms with van der Waals surface area (Å²) >= 11 is 0. The van der Waals surface area contributed by atoms with E-state index in [-0.39, 0.29) is 29.7 Å². The van der Waals surface area contributed by atoms with Crippen LogP contribution in [-0.2, 0) is 4.74 Å². The van der Waals surface area contributed by atoms with Gasteiger partial charge >= 0.3 is 11.9 Å². The number of rotatable bonds is 7. The Kier molecular flexibility index (Phi) is 7.40. The summed E-state index contributed by atoms with van der Waals surface area (Å²) in [6, 6.07) is 9.62. The number of aromatic carboxylic acids is 1. The van der Waals surface area contributed by atoms with Crippen molar-refractivity contribution in [2.24, 2.45) is 0 Å². The maximum absolute atomic E-state index is 13.0. The van der Waals surface area contributed by atoms with Crippen molar-refractivity contribution in [3.63, 3.8) is 0 Å². The van der Waals surface area contributed by atoms with Gasteiger partial charge < -0.3 is 40.7 Å². The van der Waals surface area contributed by atoms with Crippen LogP contribution in [0.25, 0.3) is 0 Å². The Morgan fingerprint density at radius 3 is 2.05 bits per heavy atom. The van der Waals surface area contributed by atoms with Gasteiger partial charge in [0.25, 0.3) is 5.91 Å². The number of aliphatic hydroxyl groups is 1. The van der Waals surface area contributed by atoms with Crippen molar-refractivity contribution in [3.05, 3.63) is 82.4 Å². The number of carbonyl (C=O) groups is 4. The lowest BCUT2D eigenvalue weighted by molar-refractivity contribution is 0.0227. The molecule has 0 aromatic heterocycles. The molecule has 0 radical (unpaired) electrons. The van der Waals surface area contributed by atoms with E-state index in [1.54, 1.807) is 0 Å². The minimum Gasteiger partial charge on any atom is -0.508 e. The number of esters is 1. The fourth-order valence-corrected chi connectivity index (χ4v) is 4.37. The minimum absolute atomic E-state index is 0.00789. The fraction of sp³-hybridized carbons (Fsp3) is 0.185. The molecule has 3 aromatic carbocycles. The van der Waals surface area contributed by atoms with Crippen LogP contribution in [0.2, 0.25) is 0 Å². The Morgan fingerprint density at radius 2 is 1.44 bits per heavy atom. The SMILES string of the molecule is O=C(N[C@@H]1C[C@H](O)C[C@H]1OC(=O)c1cc(O)c(C(=O)c2c(O)cccc2C(=O)O)c(O)c1)c1ccc(O)cc1. The first kappa shape index (κ1) is 26.9. The number of ether oxygens (including phenoxy) is 1. The molecule has 12 nitrogen and oxygen atoms in total. The second kappa shape index (κ2) is 10.7. The lowest BCUT2D eigenvalue weighted by atomic mass is 9.95. The third kappa shape index (κ3) is 5.60. The molecule has 1 aliphatic carbocycles. The first-order valence-corrected chi connectivity index (χ1v) is 11.6. The van der Waals surface area contributed by atoms with Gasteiger partial charge in [-0.3, -0.25) is 9.59 Å². The average molecular weight is 537 g/mol. The van der Waals surface area contributed by atoms with E-state index in [0.29, 0.717) is 0 Å². The first-order valence-electron chi connectivity index (χ1n) is 11.6. The molecule has 1 aliphatic rings. The molecular weight excluding hydrogens is 514 g/mol. The predicted molar refractivity (Wildman–Crippen MR) is 132 cm³/mol. The van der Waals surface area contributed by atoms with Crippen LogP contribution in [0.15, 0.2) is 54.6 Å². The quantitative estimate of drug-likeness (QED) is 0.171. The van der Waals surface area contributed by atoms with Gasteiger partial charge in [-0.15, -0.1) is 0 Å². The second-order valence-corrected chi connectivity index (χ2v) is 8.92. The van der Waals surface area contributed by atoms with E-state index in [4.69, 9.17) is 4.74 Å². The Labute approximate surface area is 220 Å². The summed E-state index contributed by atoms with van der Waals surface area (Å²) < 4.78 is 5.42. The molecular formula is C27H23NO11. The highest BCUT2D eigenvalue weighted by atomic mass is 16.5. The molecule has 0 bridgehead atoms. The summed E-state index contributed by atoms with van der Waals surface area (Å²) in [7, 11) is 0. The summed E-state index contributed by atoms with van der Waals surface area (Å²) in [5, 5.41) is 62.5. The van der Waals surface area contributed by atoms with Crippen molar-refractivity contribution in [1.29, 1.82) is 0 Å². The van der Waals surface area contributed by atoms with E-state index in [9.17, 15) is 49.8 Å². The number of aromatic hydroxyl groups is 4. The maximum Gasteiger partial charge on any atom is 0.338 e. The van der Waals surface area contributed by atoms with Gasteiger partial charge in [0.1, 0.15) is 34.7 Å². The Bertz CT molecular complexity index is 1440. The number of phenolic OH excluding ortho intramolecular Hbond substituents is 4. The largest absolute Gasteiger partial charge is 0.508 e. The topological polar surface area (TPSA) is 211 Å². The molecule has 3 atom stereocenters. The number of carbonyl (C=O) groups excluding carboxylic acids is 3. The lowest BCUT2D eigenvalue weighted by Crippen LogP contribution is -2.42. The molecule has 0 spiro atoms. The summed E-state index contributed by atoms with van der Waals surface area (Å²) in [4.78, 5) is 49.8. The van der Waals surface area contributed by atoms with E-state index in [1.165, 1.54) is 30.3 Å². The number of carboxylic acid groups (broad SMARTS) is 1. The molecule has 12 heteroatoms. The maximum atomic E-state index is 13.0. The van der Waals surface area contributed by atoms with Crippen molar-refractivity contribution >= 4 is 23.6 Å². The van der Waals surface area contributed by atoms with Crippen LogP contribution < -0.4 is 5.32 Å². The van der Waals surface area contributed by atoms with Gasteiger partial charge in [-0.25, -0.2) is 9.59 Å². The zero-order valence-electron chi connectivity index (χ0n) is 20.1. The zero-order chi connectivity index (χ0) is 28.4. The van der Waals surface area contributed by atoms with Gasteiger partial charge in [0.05, 0.1) is 28.8 Å². The monoisotopic (exact) mass is 537 g/mol. The van der Waals surface area contributed by atoms with Crippen molar-refractivity contribution in [2.45, 2.75) is 31.1 Å². The van der Waals surface area contributed by atoms with E-state index in [1.807, 2.05) is 0 Å². The smallest absolute Gasteiger partial charge is 0.338 e. The number of hydrogen-bond acceptors (Lipinski definition) is 10. The number of hydrogen-bond donors (Lipinski definition) is 7. The molecule has 0 saturated heterocycles. The van der Waals surface area contributed by atoms with Crippen molar-refractivity contribution < 1.29 is 54.6 Å². The van der Waals surface area contributed by atoms with Crippen LogP contribution >= 0.6 is 0 Å². The van der Waals surface area contributed by atoms with Gasteiger partial charge in [-0.2, -0.15) is 0 Å². The Hall–Kier alpha value is -5.10. The van der Waals surface area contributed by atoms with E-state index in [0.717, 1.165) is 24.3 Å². The zero-order valence-corrected chi connectivity index (χ0v) is 20.1. The molecule has 1 saturated carbocycles. The summed E-state index contributed by atoms with van der Waals surface area (Å²) in [5.74, 6) is -6.78. The Balaban J connectivity index is 1.54. The molecule has 7 N–H and O–H groups in total. The lowest BCUT2D eigenvalue weighted by Gasteiger charge is -2.21. The van der Waals surface area contributed by atoms with Crippen LogP contribution in [-0.4, -0.2) is 72.5 Å².